The molecule has 15 heavy (non-hydrogen) atoms. The van der Waals surface area contributed by atoms with Crippen molar-refractivity contribution in [2.75, 3.05) is 26.8 Å². The first-order valence-electron chi connectivity index (χ1n) is 5.73. The normalized spacial score (nSPS) is 26.3. The zero-order valence-electron chi connectivity index (χ0n) is 9.77. The minimum atomic E-state index is -0.0247. The zero-order valence-corrected chi connectivity index (χ0v) is 9.77. The Bertz CT molecular complexity index is 201. The van der Waals surface area contributed by atoms with Gasteiger partial charge in [-0.05, 0) is 25.8 Å². The molecule has 0 aromatic rings. The number of carbonyl (C=O) groups excluding carboxylic acids is 1. The van der Waals surface area contributed by atoms with Gasteiger partial charge >= 0.3 is 0 Å². The number of methoxy groups -OCH3 is 1. The fourth-order valence-corrected chi connectivity index (χ4v) is 2.02. The molecule has 1 atom stereocenters. The highest BCUT2D eigenvalue weighted by Gasteiger charge is 2.31. The number of ether oxygens (including phenoxy) is 1. The molecule has 4 nitrogen and oxygen atoms in total. The van der Waals surface area contributed by atoms with Crippen LogP contribution in [0.25, 0.3) is 0 Å². The molecule has 1 fully saturated rings. The molecule has 1 rings (SSSR count). The zero-order chi connectivity index (χ0) is 11.1. The summed E-state index contributed by atoms with van der Waals surface area (Å²) in [5.74, 6) is 0.0994. The molecule has 2 N–H and O–H groups in total. The van der Waals surface area contributed by atoms with Crippen molar-refractivity contribution in [2.45, 2.75) is 38.1 Å². The van der Waals surface area contributed by atoms with E-state index in [0.29, 0.717) is 13.0 Å². The molecule has 0 radical (unpaired) electrons. The van der Waals surface area contributed by atoms with E-state index in [0.717, 1.165) is 32.4 Å². The topological polar surface area (TPSA) is 50.4 Å². The van der Waals surface area contributed by atoms with Crippen LogP contribution in [0.3, 0.4) is 0 Å². The minimum Gasteiger partial charge on any atom is -0.384 e. The van der Waals surface area contributed by atoms with E-state index < -0.39 is 0 Å². The second-order valence-electron chi connectivity index (χ2n) is 4.21. The van der Waals surface area contributed by atoms with E-state index in [2.05, 4.69) is 17.6 Å². The Hall–Kier alpha value is -0.610. The standard InChI is InChI=1S/C11H22N2O2/c1-3-11(6-4-7-12-9-11)13-10(14)5-8-15-2/h12H,3-9H2,1-2H3,(H,13,14). The monoisotopic (exact) mass is 214 g/mol. The lowest BCUT2D eigenvalue weighted by Crippen LogP contribution is -2.57. The van der Waals surface area contributed by atoms with Crippen LogP contribution in [-0.2, 0) is 9.53 Å². The van der Waals surface area contributed by atoms with E-state index in [1.165, 1.54) is 0 Å². The highest BCUT2D eigenvalue weighted by molar-refractivity contribution is 5.76. The number of hydrogen-bond acceptors (Lipinski definition) is 3. The fraction of sp³-hybridized carbons (Fsp3) is 0.909. The molecule has 1 aliphatic heterocycles. The molecule has 88 valence electrons. The Kier molecular flexibility index (Phi) is 5.05. The number of piperidine rings is 1. The Morgan fingerprint density at radius 2 is 2.40 bits per heavy atom. The molecule has 1 saturated heterocycles. The summed E-state index contributed by atoms with van der Waals surface area (Å²) < 4.78 is 4.89. The highest BCUT2D eigenvalue weighted by atomic mass is 16.5. The van der Waals surface area contributed by atoms with Crippen LogP contribution >= 0.6 is 0 Å². The van der Waals surface area contributed by atoms with Crippen molar-refractivity contribution in [3.63, 3.8) is 0 Å². The molecule has 0 aromatic heterocycles. The van der Waals surface area contributed by atoms with E-state index in [9.17, 15) is 4.79 Å². The molecule has 0 aliphatic carbocycles. The Balaban J connectivity index is 2.40. The lowest BCUT2D eigenvalue weighted by molar-refractivity contribution is -0.124. The van der Waals surface area contributed by atoms with Crippen LogP contribution < -0.4 is 10.6 Å². The smallest absolute Gasteiger partial charge is 0.222 e. The summed E-state index contributed by atoms with van der Waals surface area (Å²) in [4.78, 5) is 11.6. The van der Waals surface area contributed by atoms with Gasteiger partial charge in [0, 0.05) is 20.1 Å². The number of hydrogen-bond donors (Lipinski definition) is 2. The first-order valence-corrected chi connectivity index (χ1v) is 5.73. The lowest BCUT2D eigenvalue weighted by Gasteiger charge is -2.37. The first-order chi connectivity index (χ1) is 7.22. The molecule has 1 heterocycles. The van der Waals surface area contributed by atoms with E-state index >= 15 is 0 Å². The fourth-order valence-electron chi connectivity index (χ4n) is 2.02. The van der Waals surface area contributed by atoms with Gasteiger partial charge < -0.3 is 15.4 Å². The third kappa shape index (κ3) is 3.80. The van der Waals surface area contributed by atoms with E-state index in [4.69, 9.17) is 4.74 Å². The summed E-state index contributed by atoms with van der Waals surface area (Å²) >= 11 is 0. The van der Waals surface area contributed by atoms with Crippen molar-refractivity contribution in [1.29, 1.82) is 0 Å². The third-order valence-corrected chi connectivity index (χ3v) is 3.09. The first kappa shape index (κ1) is 12.5. The van der Waals surface area contributed by atoms with Crippen LogP contribution in [0, 0.1) is 0 Å². The molecule has 1 aliphatic rings. The van der Waals surface area contributed by atoms with E-state index in [1.54, 1.807) is 7.11 Å². The SMILES string of the molecule is CCC1(NC(=O)CCOC)CCCNC1. The summed E-state index contributed by atoms with van der Waals surface area (Å²) in [6.07, 6.45) is 3.66. The van der Waals surface area contributed by atoms with Crippen molar-refractivity contribution in [2.24, 2.45) is 0 Å². The Morgan fingerprint density at radius 3 is 2.93 bits per heavy atom. The summed E-state index contributed by atoms with van der Waals surface area (Å²) in [5, 5.41) is 6.48. The van der Waals surface area contributed by atoms with Gasteiger partial charge in [0.15, 0.2) is 0 Å². The van der Waals surface area contributed by atoms with Crippen molar-refractivity contribution in [3.8, 4) is 0 Å². The largest absolute Gasteiger partial charge is 0.384 e. The second-order valence-corrected chi connectivity index (χ2v) is 4.21. The molecule has 0 aromatic carbocycles. The Morgan fingerprint density at radius 1 is 1.60 bits per heavy atom. The summed E-state index contributed by atoms with van der Waals surface area (Å²) in [6.45, 7) is 4.58. The molecule has 4 heteroatoms. The van der Waals surface area contributed by atoms with Gasteiger partial charge in [0.05, 0.1) is 12.1 Å². The van der Waals surface area contributed by atoms with Gasteiger partial charge in [0.1, 0.15) is 0 Å². The van der Waals surface area contributed by atoms with Gasteiger partial charge in [-0.1, -0.05) is 6.92 Å². The molecular formula is C11H22N2O2. The van der Waals surface area contributed by atoms with Crippen molar-refractivity contribution in [1.82, 2.24) is 10.6 Å². The summed E-state index contributed by atoms with van der Waals surface area (Å²) in [6, 6.07) is 0. The molecule has 0 bridgehead atoms. The number of nitrogens with one attached hydrogen (secondary N) is 2. The molecule has 0 spiro atoms. The average molecular weight is 214 g/mol. The quantitative estimate of drug-likeness (QED) is 0.707. The van der Waals surface area contributed by atoms with Crippen LogP contribution in [0.1, 0.15) is 32.6 Å². The third-order valence-electron chi connectivity index (χ3n) is 3.09. The highest BCUT2D eigenvalue weighted by Crippen LogP contribution is 2.19. The summed E-state index contributed by atoms with van der Waals surface area (Å²) in [5.41, 5.74) is -0.0247. The lowest BCUT2D eigenvalue weighted by atomic mass is 9.87. The minimum absolute atomic E-state index is 0.0247. The van der Waals surface area contributed by atoms with Crippen LogP contribution in [0.4, 0.5) is 0 Å². The molecular weight excluding hydrogens is 192 g/mol. The Labute approximate surface area is 91.8 Å². The van der Waals surface area contributed by atoms with Crippen molar-refractivity contribution in [3.05, 3.63) is 0 Å². The second kappa shape index (κ2) is 6.08. The van der Waals surface area contributed by atoms with Crippen LogP contribution in [0.5, 0.6) is 0 Å². The van der Waals surface area contributed by atoms with Crippen molar-refractivity contribution >= 4 is 5.91 Å². The van der Waals surface area contributed by atoms with Gasteiger partial charge in [-0.3, -0.25) is 4.79 Å². The summed E-state index contributed by atoms with van der Waals surface area (Å²) in [7, 11) is 1.62. The van der Waals surface area contributed by atoms with E-state index in [1.807, 2.05) is 0 Å². The maximum atomic E-state index is 11.6. The van der Waals surface area contributed by atoms with Gasteiger partial charge in [0.2, 0.25) is 5.91 Å². The van der Waals surface area contributed by atoms with E-state index in [-0.39, 0.29) is 11.4 Å². The average Bonchev–Trinajstić information content (AvgIpc) is 2.27. The van der Waals surface area contributed by atoms with Crippen LogP contribution in [0.2, 0.25) is 0 Å². The molecule has 1 amide bonds. The maximum absolute atomic E-state index is 11.6. The van der Waals surface area contributed by atoms with Crippen LogP contribution in [0.15, 0.2) is 0 Å². The number of carbonyl (C=O) groups is 1. The van der Waals surface area contributed by atoms with Gasteiger partial charge in [-0.15, -0.1) is 0 Å². The van der Waals surface area contributed by atoms with Crippen molar-refractivity contribution < 1.29 is 9.53 Å². The maximum Gasteiger partial charge on any atom is 0.222 e. The number of amides is 1. The van der Waals surface area contributed by atoms with Gasteiger partial charge in [0.25, 0.3) is 0 Å². The number of rotatable bonds is 5. The predicted molar refractivity (Wildman–Crippen MR) is 59.8 cm³/mol. The van der Waals surface area contributed by atoms with Crippen LogP contribution in [-0.4, -0.2) is 38.3 Å². The predicted octanol–water partition coefficient (Wildman–Crippen LogP) is 0.671. The molecule has 0 saturated carbocycles. The van der Waals surface area contributed by atoms with Gasteiger partial charge in [-0.2, -0.15) is 0 Å². The molecule has 1 unspecified atom stereocenters. The van der Waals surface area contributed by atoms with Gasteiger partial charge in [-0.25, -0.2) is 0 Å².